The molecule has 0 atom stereocenters. The summed E-state index contributed by atoms with van der Waals surface area (Å²) < 4.78 is 65.6. The molecule has 156 valence electrons. The van der Waals surface area contributed by atoms with Gasteiger partial charge in [-0.3, -0.25) is 9.36 Å². The fraction of sp³-hybridized carbons (Fsp3) is 0.333. The van der Waals surface area contributed by atoms with Crippen LogP contribution in [-0.4, -0.2) is 42.7 Å². The van der Waals surface area contributed by atoms with Crippen LogP contribution in [0.25, 0.3) is 5.69 Å². The number of rotatable bonds is 6. The lowest BCUT2D eigenvalue weighted by atomic mass is 10.1. The number of hydrogen-bond donors (Lipinski definition) is 0. The second-order valence-corrected chi connectivity index (χ2v) is 10.1. The Kier molecular flexibility index (Phi) is 5.95. The molecule has 0 unspecified atom stereocenters. The highest BCUT2D eigenvalue weighted by Crippen LogP contribution is 2.30. The molecule has 1 heterocycles. The average Bonchev–Trinajstić information content (AvgIpc) is 2.67. The number of hydrogen-bond acceptors (Lipinski definition) is 8. The first-order chi connectivity index (χ1) is 13.4. The first kappa shape index (κ1) is 22.2. The molecule has 1 aromatic heterocycles. The van der Waals surface area contributed by atoms with Crippen molar-refractivity contribution in [2.75, 3.05) is 15.2 Å². The molecule has 0 aliphatic heterocycles. The Labute approximate surface area is 165 Å². The van der Waals surface area contributed by atoms with E-state index in [-0.39, 0.29) is 3.71 Å². The molecule has 0 spiro atoms. The first-order valence-corrected chi connectivity index (χ1v) is 11.3. The monoisotopic (exact) mass is 445 g/mol. The lowest BCUT2D eigenvalue weighted by Crippen LogP contribution is -2.40. The van der Waals surface area contributed by atoms with Crippen LogP contribution >= 0.6 is 0 Å². The Morgan fingerprint density at radius 2 is 1.69 bits per heavy atom. The van der Waals surface area contributed by atoms with Crippen LogP contribution in [0, 0.1) is 17.1 Å². The van der Waals surface area contributed by atoms with Crippen molar-refractivity contribution in [1.29, 1.82) is 5.26 Å². The topological polar surface area (TPSA) is 152 Å². The molecule has 0 aliphatic carbocycles. The van der Waals surface area contributed by atoms with Gasteiger partial charge < -0.3 is 0 Å². The van der Waals surface area contributed by atoms with E-state index < -0.39 is 65.6 Å². The van der Waals surface area contributed by atoms with E-state index in [0.29, 0.717) is 21.4 Å². The summed E-state index contributed by atoms with van der Waals surface area (Å²) in [6.45, 7) is 2.39. The van der Waals surface area contributed by atoms with Crippen molar-refractivity contribution in [3.63, 3.8) is 0 Å². The van der Waals surface area contributed by atoms with Crippen molar-refractivity contribution in [1.82, 2.24) is 14.3 Å². The van der Waals surface area contributed by atoms with Crippen LogP contribution in [0.2, 0.25) is 0 Å². The largest absolute Gasteiger partial charge is 0.352 e. The predicted octanol–water partition coefficient (Wildman–Crippen LogP) is -0.552. The molecular formula is C15H16FN5O6S2. The lowest BCUT2D eigenvalue weighted by molar-refractivity contribution is 0.580. The zero-order chi connectivity index (χ0) is 22.1. The van der Waals surface area contributed by atoms with Crippen LogP contribution in [0.4, 0.5) is 10.1 Å². The number of halogens is 1. The predicted molar refractivity (Wildman–Crippen MR) is 101 cm³/mol. The second-order valence-electron chi connectivity index (χ2n) is 5.67. The molecule has 0 N–H and O–H groups in total. The van der Waals surface area contributed by atoms with E-state index in [4.69, 9.17) is 0 Å². The Bertz CT molecular complexity index is 1300. The van der Waals surface area contributed by atoms with Crippen molar-refractivity contribution in [3.05, 3.63) is 50.5 Å². The first-order valence-electron chi connectivity index (χ1n) is 8.06. The summed E-state index contributed by atoms with van der Waals surface area (Å²) >= 11 is 0. The summed E-state index contributed by atoms with van der Waals surface area (Å²) in [5, 5.41) is 12.8. The van der Waals surface area contributed by atoms with Gasteiger partial charge in [0.15, 0.2) is 5.82 Å². The zero-order valence-corrected chi connectivity index (χ0v) is 17.2. The fourth-order valence-electron chi connectivity index (χ4n) is 2.31. The molecule has 11 nitrogen and oxygen atoms in total. The maximum atomic E-state index is 14.6. The van der Waals surface area contributed by atoms with E-state index in [2.05, 4.69) is 5.10 Å². The molecule has 0 fully saturated rings. The third-order valence-electron chi connectivity index (χ3n) is 3.93. The van der Waals surface area contributed by atoms with Gasteiger partial charge in [-0.15, -0.1) is 0 Å². The van der Waals surface area contributed by atoms with Crippen molar-refractivity contribution in [2.24, 2.45) is 7.05 Å². The van der Waals surface area contributed by atoms with Crippen LogP contribution in [-0.2, 0) is 27.1 Å². The number of anilines is 1. The maximum absolute atomic E-state index is 14.6. The third-order valence-corrected chi connectivity index (χ3v) is 8.15. The minimum absolute atomic E-state index is 0.0501. The van der Waals surface area contributed by atoms with Crippen LogP contribution in [0.3, 0.4) is 0 Å². The molecule has 2 rings (SSSR count). The van der Waals surface area contributed by atoms with Crippen molar-refractivity contribution in [3.8, 4) is 11.8 Å². The molecule has 2 aromatic rings. The Morgan fingerprint density at radius 3 is 2.17 bits per heavy atom. The summed E-state index contributed by atoms with van der Waals surface area (Å²) in [6.07, 6.45) is 0.724. The van der Waals surface area contributed by atoms with E-state index in [9.17, 15) is 36.1 Å². The van der Waals surface area contributed by atoms with Gasteiger partial charge in [0, 0.05) is 7.05 Å². The second kappa shape index (κ2) is 7.76. The van der Waals surface area contributed by atoms with Crippen molar-refractivity contribution >= 4 is 25.7 Å². The normalized spacial score (nSPS) is 11.8. The van der Waals surface area contributed by atoms with Crippen molar-refractivity contribution in [2.45, 2.75) is 13.8 Å². The third kappa shape index (κ3) is 3.91. The highest BCUT2D eigenvalue weighted by molar-refractivity contribution is 8.10. The lowest BCUT2D eigenvalue weighted by Gasteiger charge is -2.24. The number of aromatic nitrogens is 3. The van der Waals surface area contributed by atoms with Gasteiger partial charge in [-0.2, -0.15) is 18.8 Å². The molecule has 0 amide bonds. The van der Waals surface area contributed by atoms with Crippen LogP contribution in [0.15, 0.2) is 27.9 Å². The molecule has 0 aliphatic rings. The molecule has 0 saturated carbocycles. The van der Waals surface area contributed by atoms with Gasteiger partial charge in [0.1, 0.15) is 18.0 Å². The Balaban J connectivity index is 2.99. The fourth-order valence-corrected chi connectivity index (χ4v) is 5.69. The summed E-state index contributed by atoms with van der Waals surface area (Å²) in [7, 11) is -7.78. The van der Waals surface area contributed by atoms with Crippen molar-refractivity contribution < 1.29 is 21.2 Å². The molecule has 1 aromatic carbocycles. The summed E-state index contributed by atoms with van der Waals surface area (Å²) in [6, 6.07) is 2.86. The molecule has 0 bridgehead atoms. The number of nitriles is 1. The maximum Gasteiger partial charge on any atom is 0.352 e. The smallest absolute Gasteiger partial charge is 0.267 e. The van der Waals surface area contributed by atoms with E-state index >= 15 is 0 Å². The number of benzene rings is 1. The number of nitrogens with zero attached hydrogens (tertiary/aromatic N) is 5. The van der Waals surface area contributed by atoms with E-state index in [1.54, 1.807) is 6.07 Å². The minimum Gasteiger partial charge on any atom is -0.267 e. The quantitative estimate of drug-likeness (QED) is 0.574. The van der Waals surface area contributed by atoms with Gasteiger partial charge >= 0.3 is 5.69 Å². The van der Waals surface area contributed by atoms with Gasteiger partial charge in [-0.1, -0.05) is 0 Å². The molecule has 0 radical (unpaired) electrons. The summed E-state index contributed by atoms with van der Waals surface area (Å²) in [4.78, 5) is 23.8. The van der Waals surface area contributed by atoms with E-state index in [0.717, 1.165) is 13.2 Å². The van der Waals surface area contributed by atoms with Gasteiger partial charge in [0.2, 0.25) is 20.0 Å². The Morgan fingerprint density at radius 1 is 1.14 bits per heavy atom. The molecule has 14 heteroatoms. The molecule has 0 saturated heterocycles. The summed E-state index contributed by atoms with van der Waals surface area (Å²) in [5.41, 5.74) is -3.71. The van der Waals surface area contributed by atoms with E-state index in [1.165, 1.54) is 13.8 Å². The van der Waals surface area contributed by atoms with Crippen LogP contribution in [0.1, 0.15) is 19.4 Å². The van der Waals surface area contributed by atoms with E-state index in [1.807, 2.05) is 0 Å². The number of sulfonamides is 2. The highest BCUT2D eigenvalue weighted by Gasteiger charge is 2.34. The van der Waals surface area contributed by atoms with Gasteiger partial charge in [0.25, 0.3) is 5.56 Å². The van der Waals surface area contributed by atoms with Gasteiger partial charge in [-0.05, 0) is 26.0 Å². The Hall–Kier alpha value is -3.05. The van der Waals surface area contributed by atoms with Crippen LogP contribution in [0.5, 0.6) is 0 Å². The van der Waals surface area contributed by atoms with Crippen LogP contribution < -0.4 is 15.0 Å². The zero-order valence-electron chi connectivity index (χ0n) is 15.5. The molecule has 29 heavy (non-hydrogen) atoms. The standard InChI is InChI=1S/C15H16FN5O6S2/c1-4-28(24,25)21(29(26,27)5-2)12-7-13(11(16)6-10(12)8-17)20-15(23)19(3)14(22)9-18-20/h6-7,9H,4-5H2,1-3H3. The SMILES string of the molecule is CCS(=O)(=O)N(c1cc(-n2ncc(=O)n(C)c2=O)c(F)cc1C#N)S(=O)(=O)CC. The van der Waals surface area contributed by atoms with Gasteiger partial charge in [0.05, 0.1) is 22.8 Å². The van der Waals surface area contributed by atoms with Gasteiger partial charge in [-0.25, -0.2) is 26.0 Å². The molecular weight excluding hydrogens is 429 g/mol. The highest BCUT2D eigenvalue weighted by atomic mass is 32.3. The summed E-state index contributed by atoms with van der Waals surface area (Å²) in [5.74, 6) is -2.40. The average molecular weight is 445 g/mol. The minimum atomic E-state index is -4.44.